The quantitative estimate of drug-likeness (QED) is 0.587. The molecule has 1 heterocycles. The van der Waals surface area contributed by atoms with Gasteiger partial charge in [0.1, 0.15) is 0 Å². The molecule has 0 saturated heterocycles. The number of aromatic amines is 1. The van der Waals surface area contributed by atoms with E-state index in [0.29, 0.717) is 11.1 Å². The lowest BCUT2D eigenvalue weighted by Gasteiger charge is -2.09. The van der Waals surface area contributed by atoms with E-state index >= 15 is 0 Å². The van der Waals surface area contributed by atoms with Crippen molar-refractivity contribution < 1.29 is 17.7 Å². The number of hydrogen-bond acceptors (Lipinski definition) is 3. The molecular weight excluding hydrogens is 384 g/mol. The van der Waals surface area contributed by atoms with Gasteiger partial charge in [-0.25, -0.2) is 0 Å². The van der Waals surface area contributed by atoms with Gasteiger partial charge in [0.05, 0.1) is 17.2 Å². The summed E-state index contributed by atoms with van der Waals surface area (Å²) in [5.41, 5.74) is 8.01. The van der Waals surface area contributed by atoms with Crippen molar-refractivity contribution in [2.24, 2.45) is 5.73 Å². The second-order valence-corrected chi connectivity index (χ2v) is 6.58. The molecule has 3 aromatic rings. The molecule has 2 atom stereocenters. The Morgan fingerprint density at radius 2 is 2.13 bits per heavy atom. The number of nitrogens with one attached hydrogen (secondary N) is 1. The van der Waals surface area contributed by atoms with E-state index in [4.69, 9.17) is 14.5 Å². The third-order valence-corrected chi connectivity index (χ3v) is 4.80. The highest BCUT2D eigenvalue weighted by atomic mass is 79.9. The first-order chi connectivity index (χ1) is 10.9. The summed E-state index contributed by atoms with van der Waals surface area (Å²) in [5, 5.41) is 1.78. The van der Waals surface area contributed by atoms with Crippen LogP contribution in [0.3, 0.4) is 0 Å². The highest BCUT2D eigenvalue weighted by Crippen LogP contribution is 2.35. The number of fused-ring (bicyclic) bond motifs is 3. The van der Waals surface area contributed by atoms with Crippen molar-refractivity contribution >= 4 is 55.0 Å². The molecule has 2 aromatic carbocycles. The van der Waals surface area contributed by atoms with Gasteiger partial charge in [0.2, 0.25) is 0 Å². The van der Waals surface area contributed by atoms with Crippen molar-refractivity contribution in [3.63, 3.8) is 0 Å². The summed E-state index contributed by atoms with van der Waals surface area (Å²) >= 11 is 1.15. The maximum atomic E-state index is 11.6. The van der Waals surface area contributed by atoms with Gasteiger partial charge in [-0.15, -0.1) is 0 Å². The van der Waals surface area contributed by atoms with E-state index in [-0.39, 0.29) is 0 Å². The number of H-pyrrole nitrogens is 1. The summed E-state index contributed by atoms with van der Waals surface area (Å²) in [4.78, 5) is 14.8. The van der Waals surface area contributed by atoms with E-state index < -0.39 is 23.4 Å². The lowest BCUT2D eigenvalue weighted by Crippen LogP contribution is -2.11. The van der Waals surface area contributed by atoms with Crippen LogP contribution < -0.4 is 5.73 Å². The molecule has 8 heteroatoms. The van der Waals surface area contributed by atoms with Crippen LogP contribution in [0.1, 0.15) is 28.9 Å². The van der Waals surface area contributed by atoms with Crippen molar-refractivity contribution in [2.75, 3.05) is 0 Å². The van der Waals surface area contributed by atoms with Crippen LogP contribution in [0.25, 0.3) is 21.8 Å². The molecule has 4 N–H and O–H groups in total. The summed E-state index contributed by atoms with van der Waals surface area (Å²) in [6.07, 6.45) is -0.546. The van der Waals surface area contributed by atoms with Gasteiger partial charge in [-0.3, -0.25) is 13.5 Å². The van der Waals surface area contributed by atoms with Crippen molar-refractivity contribution in [1.29, 1.82) is 0 Å². The second kappa shape index (κ2) is 6.04. The minimum Gasteiger partial charge on any atom is -0.366 e. The maximum Gasteiger partial charge on any atom is 0.302 e. The van der Waals surface area contributed by atoms with Gasteiger partial charge >= 0.3 is 11.4 Å². The molecule has 23 heavy (non-hydrogen) atoms. The highest BCUT2D eigenvalue weighted by molar-refractivity contribution is 9.10. The summed E-state index contributed by atoms with van der Waals surface area (Å²) in [5.74, 6) is -0.512. The number of aromatic nitrogens is 1. The fourth-order valence-electron chi connectivity index (χ4n) is 2.63. The first-order valence-electron chi connectivity index (χ1n) is 6.70. The van der Waals surface area contributed by atoms with Crippen molar-refractivity contribution in [3.05, 3.63) is 45.9 Å². The Hall–Kier alpha value is -1.74. The Bertz CT molecular complexity index is 953. The molecule has 2 unspecified atom stereocenters. The van der Waals surface area contributed by atoms with E-state index in [1.165, 1.54) is 0 Å². The number of carbonyl (C=O) groups is 1. The molecule has 0 fully saturated rings. The number of carbonyl (C=O) groups excluding carboxylic acids is 1. The van der Waals surface area contributed by atoms with Crippen LogP contribution in [0.2, 0.25) is 0 Å². The molecule has 6 nitrogen and oxygen atoms in total. The average molecular weight is 397 g/mol. The lowest BCUT2D eigenvalue weighted by molar-refractivity contribution is 0.100. The number of rotatable bonds is 4. The van der Waals surface area contributed by atoms with Crippen LogP contribution in [0.15, 0.2) is 34.8 Å². The fourth-order valence-corrected chi connectivity index (χ4v) is 3.53. The minimum absolute atomic E-state index is 0.404. The summed E-state index contributed by atoms with van der Waals surface area (Å²) in [6, 6.07) is 8.95. The standard InChI is InChI=1S/C15H13BrN2O4S/c1-7(22-23(20)21)8-2-3-9-12(6-8)18-14-10(15(17)19)4-5-11(16)13(9)14/h2-7,18H,1H3,(H2,17,19)(H,20,21). The Labute approximate surface area is 142 Å². The van der Waals surface area contributed by atoms with E-state index in [1.54, 1.807) is 19.1 Å². The largest absolute Gasteiger partial charge is 0.366 e. The first kappa shape index (κ1) is 16.1. The Morgan fingerprint density at radius 3 is 2.78 bits per heavy atom. The zero-order valence-electron chi connectivity index (χ0n) is 12.0. The average Bonchev–Trinajstić information content (AvgIpc) is 2.85. The van der Waals surface area contributed by atoms with Crippen LogP contribution in [0.4, 0.5) is 0 Å². The van der Waals surface area contributed by atoms with Crippen molar-refractivity contribution in [1.82, 2.24) is 4.98 Å². The molecule has 3 rings (SSSR count). The normalized spacial score (nSPS) is 14.2. The minimum atomic E-state index is -2.34. The Kier molecular flexibility index (Phi) is 4.24. The zero-order valence-corrected chi connectivity index (χ0v) is 14.4. The van der Waals surface area contributed by atoms with E-state index in [0.717, 1.165) is 26.3 Å². The van der Waals surface area contributed by atoms with Crippen LogP contribution in [0, 0.1) is 0 Å². The van der Waals surface area contributed by atoms with E-state index in [9.17, 15) is 9.00 Å². The third kappa shape index (κ3) is 2.90. The van der Waals surface area contributed by atoms with Gasteiger partial charge in [0.15, 0.2) is 0 Å². The smallest absolute Gasteiger partial charge is 0.302 e. The summed E-state index contributed by atoms with van der Waals surface area (Å²) < 4.78 is 25.3. The lowest BCUT2D eigenvalue weighted by atomic mass is 10.1. The zero-order chi connectivity index (χ0) is 16.7. The van der Waals surface area contributed by atoms with Crippen LogP contribution in [-0.4, -0.2) is 19.7 Å². The molecule has 0 aliphatic heterocycles. The van der Waals surface area contributed by atoms with Gasteiger partial charge in [-0.05, 0) is 30.7 Å². The second-order valence-electron chi connectivity index (χ2n) is 5.09. The predicted molar refractivity (Wildman–Crippen MR) is 92.3 cm³/mol. The van der Waals surface area contributed by atoms with Gasteiger partial charge in [0, 0.05) is 20.8 Å². The number of hydrogen-bond donors (Lipinski definition) is 3. The number of primary amides is 1. The Balaban J connectivity index is 2.23. The van der Waals surface area contributed by atoms with Crippen LogP contribution >= 0.6 is 15.9 Å². The van der Waals surface area contributed by atoms with Crippen LogP contribution in [0.5, 0.6) is 0 Å². The molecule has 0 radical (unpaired) electrons. The van der Waals surface area contributed by atoms with E-state index in [1.807, 2.05) is 18.2 Å². The van der Waals surface area contributed by atoms with Crippen molar-refractivity contribution in [2.45, 2.75) is 13.0 Å². The molecule has 0 spiro atoms. The number of nitrogens with two attached hydrogens (primary N) is 1. The molecule has 120 valence electrons. The van der Waals surface area contributed by atoms with Gasteiger partial charge in [0.25, 0.3) is 5.91 Å². The fraction of sp³-hybridized carbons (Fsp3) is 0.133. The van der Waals surface area contributed by atoms with Crippen molar-refractivity contribution in [3.8, 4) is 0 Å². The molecule has 0 saturated carbocycles. The topological polar surface area (TPSA) is 105 Å². The number of amides is 1. The summed E-state index contributed by atoms with van der Waals surface area (Å²) in [7, 11) is 0. The van der Waals surface area contributed by atoms with E-state index in [2.05, 4.69) is 20.9 Å². The molecule has 0 aliphatic rings. The highest BCUT2D eigenvalue weighted by Gasteiger charge is 2.16. The predicted octanol–water partition coefficient (Wildman–Crippen LogP) is 3.40. The molecular formula is C15H13BrN2O4S. The summed E-state index contributed by atoms with van der Waals surface area (Å²) in [6.45, 7) is 1.68. The maximum absolute atomic E-state index is 11.6. The molecule has 0 bridgehead atoms. The molecule has 0 aliphatic carbocycles. The third-order valence-electron chi connectivity index (χ3n) is 3.69. The Morgan fingerprint density at radius 1 is 1.39 bits per heavy atom. The van der Waals surface area contributed by atoms with Gasteiger partial charge in [-0.1, -0.05) is 28.1 Å². The first-order valence-corrected chi connectivity index (χ1v) is 8.52. The van der Waals surface area contributed by atoms with Crippen LogP contribution in [-0.2, 0) is 15.5 Å². The number of halogens is 1. The number of benzene rings is 2. The van der Waals surface area contributed by atoms with Gasteiger partial charge < -0.3 is 10.7 Å². The SMILES string of the molecule is CC(OS(=O)O)c1ccc2c(c1)[nH]c1c(C(N)=O)ccc(Br)c12. The van der Waals surface area contributed by atoms with Gasteiger partial charge in [-0.2, -0.15) is 4.21 Å². The molecule has 1 aromatic heterocycles. The molecule has 1 amide bonds. The monoisotopic (exact) mass is 396 g/mol.